The summed E-state index contributed by atoms with van der Waals surface area (Å²) in [5, 5.41) is 0. The molecule has 1 aromatic rings. The molecule has 1 N–H and O–H groups in total. The average molecular weight is 783 g/mol. The van der Waals surface area contributed by atoms with Gasteiger partial charge in [0.1, 0.15) is 4.90 Å². The van der Waals surface area contributed by atoms with Crippen molar-refractivity contribution in [3.63, 3.8) is 0 Å². The van der Waals surface area contributed by atoms with Crippen LogP contribution in [0, 0.1) is 0 Å². The molecule has 0 saturated carbocycles. The van der Waals surface area contributed by atoms with Gasteiger partial charge in [-0.1, -0.05) is 12.1 Å². The first-order chi connectivity index (χ1) is 5.61. The summed E-state index contributed by atoms with van der Waals surface area (Å²) >= 11 is 0. The van der Waals surface area contributed by atoms with Crippen LogP contribution in [0.4, 0.5) is 0 Å². The molecule has 0 spiro atoms. The van der Waals surface area contributed by atoms with Gasteiger partial charge in [0.05, 0.1) is 5.56 Å². The molecule has 0 atom stereocenters. The summed E-state index contributed by atoms with van der Waals surface area (Å²) in [6.45, 7) is 0. The average Bonchev–Trinajstić information content (AvgIpc) is 2.25. The summed E-state index contributed by atoms with van der Waals surface area (Å²) in [5.74, 6) is -0.550. The van der Waals surface area contributed by atoms with E-state index in [4.69, 9.17) is 0 Å². The Morgan fingerprint density at radius 1 is 0.405 bits per heavy atom. The normalized spacial score (nSPS) is 6.00. The van der Waals surface area contributed by atoms with E-state index in [-0.39, 0.29) is 749 Å². The number of carbonyl (C=O) groups excluding carboxylic acids is 1. The summed E-state index contributed by atoms with van der Waals surface area (Å²) in [5.41, 5.74) is 0.220. The number of hydrogen-bond donors (Lipinski definition) is 1. The third-order valence-electron chi connectivity index (χ3n) is 1.65. The molecular weight excluding hydrogens is 753 g/mol. The summed E-state index contributed by atoms with van der Waals surface area (Å²) in [6.07, 6.45) is 0. The van der Waals surface area contributed by atoms with Gasteiger partial charge in [0.25, 0.3) is 15.9 Å². The molecule has 30 heteroatoms. The molecule has 1 aliphatic heterocycles. The second-order valence-corrected chi connectivity index (χ2v) is 4.08. The van der Waals surface area contributed by atoms with E-state index in [9.17, 15) is 13.2 Å². The van der Waals surface area contributed by atoms with E-state index >= 15 is 0 Å². The van der Waals surface area contributed by atoms with Gasteiger partial charge in [-0.15, -0.1) is 0 Å². The van der Waals surface area contributed by atoms with Gasteiger partial charge in [0.2, 0.25) is 0 Å². The van der Waals surface area contributed by atoms with E-state index < -0.39 is 15.9 Å². The van der Waals surface area contributed by atoms with E-state index in [1.54, 1.807) is 12.1 Å². The zero-order valence-electron chi connectivity index (χ0n) is 5.94. The minimum atomic E-state index is -3.55. The minimum absolute atomic E-state index is 0. The molecule has 0 bridgehead atoms. The van der Waals surface area contributed by atoms with Gasteiger partial charge in [-0.3, -0.25) is 4.79 Å². The van der Waals surface area contributed by atoms with Crippen LogP contribution in [0.5, 0.6) is 0 Å². The molecule has 1 aliphatic rings. The van der Waals surface area contributed by atoms with Crippen molar-refractivity contribution in [1.82, 2.24) is 4.72 Å². The zero-order valence-corrected chi connectivity index (χ0v) is 6.76. The van der Waals surface area contributed by atoms with Gasteiger partial charge in [0, 0.05) is 0 Å². The van der Waals surface area contributed by atoms with E-state index in [2.05, 4.69) is 0 Å². The van der Waals surface area contributed by atoms with Crippen molar-refractivity contribution in [2.75, 3.05) is 0 Å². The third-order valence-corrected chi connectivity index (χ3v) is 3.04. The first kappa shape index (κ1) is 161. The molecule has 0 saturated heterocycles. The monoisotopic (exact) mass is 783 g/mol. The second-order valence-electron chi connectivity index (χ2n) is 2.43. The summed E-state index contributed by atoms with van der Waals surface area (Å²) in [4.78, 5) is 11.1. The molecule has 1 aromatic carbocycles. The molecule has 112 valence electrons. The number of hydrogen-bond acceptors (Lipinski definition) is 3. The fraction of sp³-hybridized carbons (Fsp3) is 0. The Morgan fingerprint density at radius 3 is 0.838 bits per heavy atom. The van der Waals surface area contributed by atoms with Crippen molar-refractivity contribution in [2.24, 2.45) is 0 Å². The zero-order chi connectivity index (χ0) is 8.77. The predicted molar refractivity (Wildman–Crippen MR) is 220 cm³/mol. The van der Waals surface area contributed by atoms with Crippen LogP contribution in [-0.4, -0.2) is 753 Å². The van der Waals surface area contributed by atoms with Gasteiger partial charge < -0.3 is 0 Å². The standard InChI is InChI=1S/C7H5NO3S.25Na.25H/c9-7-5-3-1-2-4-6(5)12(10,11)8-7;;;;;;;;;;;;;;;;;;;;;;;;;;;;;;;;;;;;;;;;;;;;;;;;;;/h1-4H,(H,8,9);;;;;;;;;;;;;;;;;;;;;;;;;;;;;;;;;;;;;;;;;;;;;;;;;;. The number of rotatable bonds is 0. The van der Waals surface area contributed by atoms with Gasteiger partial charge in [-0.25, -0.2) is 13.1 Å². The predicted octanol–water partition coefficient (Wildman–Crippen LogP) is -16.1. The first-order valence-electron chi connectivity index (χ1n) is 3.27. The van der Waals surface area contributed by atoms with E-state index in [0.29, 0.717) is 0 Å². The second kappa shape index (κ2) is 108. The molecule has 1 heterocycles. The summed E-state index contributed by atoms with van der Waals surface area (Å²) < 4.78 is 24.2. The maximum atomic E-state index is 11.1. The molecular formula is C7H30NNa25O3S. The molecule has 0 aliphatic carbocycles. The van der Waals surface area contributed by atoms with Crippen LogP contribution in [-0.2, 0) is 10.0 Å². The maximum absolute atomic E-state index is 11.1. The SMILES string of the molecule is O=C1NS(=O)(=O)c2ccccc21.[NaH].[NaH].[NaH].[NaH].[NaH].[NaH].[NaH].[NaH].[NaH].[NaH].[NaH].[NaH].[NaH].[NaH].[NaH].[NaH].[NaH].[NaH].[NaH].[NaH].[NaH].[NaH].[NaH].[NaH].[NaH]. The Morgan fingerprint density at radius 2 is 0.622 bits per heavy atom. The van der Waals surface area contributed by atoms with Gasteiger partial charge in [-0.05, 0) is 12.1 Å². The molecule has 37 heavy (non-hydrogen) atoms. The van der Waals surface area contributed by atoms with Crippen molar-refractivity contribution in [2.45, 2.75) is 4.90 Å². The van der Waals surface area contributed by atoms with E-state index in [1.807, 2.05) is 4.72 Å². The van der Waals surface area contributed by atoms with Gasteiger partial charge >= 0.3 is 739 Å². The summed E-state index contributed by atoms with van der Waals surface area (Å²) in [7, 11) is -3.55. The van der Waals surface area contributed by atoms with E-state index in [1.165, 1.54) is 12.1 Å². The van der Waals surface area contributed by atoms with Crippen molar-refractivity contribution in [1.29, 1.82) is 0 Å². The topological polar surface area (TPSA) is 63.2 Å². The Labute approximate surface area is 780 Å². The van der Waals surface area contributed by atoms with Crippen molar-refractivity contribution >= 4 is 755 Å². The summed E-state index contributed by atoms with van der Waals surface area (Å²) in [6, 6.07) is 6.09. The van der Waals surface area contributed by atoms with Crippen LogP contribution < -0.4 is 4.72 Å². The van der Waals surface area contributed by atoms with Crippen molar-refractivity contribution in [3.05, 3.63) is 29.8 Å². The van der Waals surface area contributed by atoms with Crippen LogP contribution >= 0.6 is 0 Å². The molecule has 0 aromatic heterocycles. The van der Waals surface area contributed by atoms with Crippen LogP contribution in [0.1, 0.15) is 10.4 Å². The Bertz CT molecular complexity index is 483. The fourth-order valence-electron chi connectivity index (χ4n) is 1.12. The molecule has 4 nitrogen and oxygen atoms in total. The van der Waals surface area contributed by atoms with Gasteiger partial charge in [0.15, 0.2) is 0 Å². The quantitative estimate of drug-likeness (QED) is 0.267. The Hall–Kier alpha value is 23.6. The molecule has 0 unspecified atom stereocenters. The first-order valence-corrected chi connectivity index (χ1v) is 4.76. The van der Waals surface area contributed by atoms with Gasteiger partial charge in [-0.2, -0.15) is 0 Å². The molecule has 1 amide bonds. The van der Waals surface area contributed by atoms with E-state index in [0.717, 1.165) is 0 Å². The number of fused-ring (bicyclic) bond motifs is 1. The molecule has 0 radical (unpaired) electrons. The number of carbonyl (C=O) groups is 1. The van der Waals surface area contributed by atoms with Crippen LogP contribution in [0.25, 0.3) is 0 Å². The molecule has 0 fully saturated rings. The molecule has 2 rings (SSSR count). The number of amides is 1. The van der Waals surface area contributed by atoms with Crippen LogP contribution in [0.15, 0.2) is 29.2 Å². The third kappa shape index (κ3) is 80.4. The number of nitrogens with one attached hydrogen (secondary N) is 1. The van der Waals surface area contributed by atoms with Crippen LogP contribution in [0.3, 0.4) is 0 Å². The number of sulfonamides is 1. The fourth-order valence-corrected chi connectivity index (χ4v) is 2.29. The number of benzene rings is 1. The van der Waals surface area contributed by atoms with Crippen LogP contribution in [0.2, 0.25) is 0 Å². The van der Waals surface area contributed by atoms with Crippen molar-refractivity contribution < 1.29 is 13.2 Å². The Balaban J connectivity index is -0.00000000307. The Kier molecular flexibility index (Phi) is 468. The van der Waals surface area contributed by atoms with Crippen molar-refractivity contribution in [3.8, 4) is 0 Å².